The van der Waals surface area contributed by atoms with Crippen molar-refractivity contribution in [3.05, 3.63) is 0 Å². The Balaban J connectivity index is 4.64. The van der Waals surface area contributed by atoms with Crippen LogP contribution in [0.5, 0.6) is 0 Å². The van der Waals surface area contributed by atoms with Gasteiger partial charge in [-0.3, -0.25) is 0 Å². The molecule has 0 saturated carbocycles. The van der Waals surface area contributed by atoms with Crippen LogP contribution in [-0.4, -0.2) is 10.7 Å². The molecule has 0 saturated heterocycles. The fourth-order valence-corrected chi connectivity index (χ4v) is 1.81. The summed E-state index contributed by atoms with van der Waals surface area (Å²) in [5, 5.41) is 10.4. The van der Waals surface area contributed by atoms with Crippen LogP contribution in [0.25, 0.3) is 0 Å². The monoisotopic (exact) mass is 210 g/mol. The van der Waals surface area contributed by atoms with Crippen LogP contribution in [0.15, 0.2) is 0 Å². The summed E-state index contributed by atoms with van der Waals surface area (Å²) >= 11 is 0. The summed E-state index contributed by atoms with van der Waals surface area (Å²) in [5.74, 6) is 7.45. The largest absolute Gasteiger partial charge is 0.378 e. The minimum atomic E-state index is -0.785. The van der Waals surface area contributed by atoms with E-state index in [9.17, 15) is 5.11 Å². The maximum atomic E-state index is 10.4. The third-order valence-electron chi connectivity index (χ3n) is 2.09. The first-order valence-electron chi connectivity index (χ1n) is 6.00. The first kappa shape index (κ1) is 14.5. The normalized spacial score (nSPS) is 12.1. The molecule has 0 atom stereocenters. The third kappa shape index (κ3) is 7.45. The van der Waals surface area contributed by atoms with E-state index in [-0.39, 0.29) is 0 Å². The lowest BCUT2D eigenvalue weighted by molar-refractivity contribution is 0.0565. The highest BCUT2D eigenvalue weighted by molar-refractivity contribution is 5.15. The lowest BCUT2D eigenvalue weighted by Crippen LogP contribution is -2.30. The molecule has 0 bridgehead atoms. The molecule has 0 aliphatic heterocycles. The smallest absolute Gasteiger partial charge is 0.126 e. The average Bonchev–Trinajstić information content (AvgIpc) is 1.97. The highest BCUT2D eigenvalue weighted by atomic mass is 16.3. The molecule has 0 rings (SSSR count). The minimum Gasteiger partial charge on any atom is -0.378 e. The van der Waals surface area contributed by atoms with Gasteiger partial charge < -0.3 is 5.11 Å². The van der Waals surface area contributed by atoms with E-state index in [1.807, 2.05) is 0 Å². The van der Waals surface area contributed by atoms with Gasteiger partial charge in [0, 0.05) is 5.92 Å². The van der Waals surface area contributed by atoms with Gasteiger partial charge in [-0.05, 0) is 24.7 Å². The molecule has 0 radical (unpaired) electrons. The van der Waals surface area contributed by atoms with Crippen LogP contribution >= 0.6 is 0 Å². The van der Waals surface area contributed by atoms with E-state index in [2.05, 4.69) is 53.4 Å². The molecule has 88 valence electrons. The number of rotatable bonds is 4. The number of hydrogen-bond acceptors (Lipinski definition) is 1. The zero-order valence-corrected chi connectivity index (χ0v) is 11.1. The van der Waals surface area contributed by atoms with Crippen molar-refractivity contribution in [3.8, 4) is 11.8 Å². The van der Waals surface area contributed by atoms with Crippen LogP contribution in [0.3, 0.4) is 0 Å². The fraction of sp³-hybridized carbons (Fsp3) is 0.857. The zero-order valence-electron chi connectivity index (χ0n) is 11.1. The predicted octanol–water partition coefficient (Wildman–Crippen LogP) is 3.47. The fourth-order valence-electron chi connectivity index (χ4n) is 1.81. The first-order chi connectivity index (χ1) is 6.75. The van der Waals surface area contributed by atoms with E-state index in [0.717, 1.165) is 12.8 Å². The van der Waals surface area contributed by atoms with Gasteiger partial charge >= 0.3 is 0 Å². The van der Waals surface area contributed by atoms with Crippen LogP contribution in [0, 0.1) is 29.6 Å². The van der Waals surface area contributed by atoms with Gasteiger partial charge in [0.2, 0.25) is 0 Å². The summed E-state index contributed by atoms with van der Waals surface area (Å²) in [6, 6.07) is 0. The van der Waals surface area contributed by atoms with Crippen molar-refractivity contribution >= 4 is 0 Å². The van der Waals surface area contributed by atoms with Crippen LogP contribution in [-0.2, 0) is 0 Å². The van der Waals surface area contributed by atoms with Gasteiger partial charge in [-0.25, -0.2) is 0 Å². The second-order valence-electron chi connectivity index (χ2n) is 5.65. The topological polar surface area (TPSA) is 20.2 Å². The molecule has 1 nitrogen and oxygen atoms in total. The van der Waals surface area contributed by atoms with Crippen LogP contribution < -0.4 is 0 Å². The average molecular weight is 210 g/mol. The summed E-state index contributed by atoms with van der Waals surface area (Å²) < 4.78 is 0. The highest BCUT2D eigenvalue weighted by Crippen LogP contribution is 2.24. The Morgan fingerprint density at radius 2 is 1.33 bits per heavy atom. The van der Waals surface area contributed by atoms with E-state index in [1.54, 1.807) is 0 Å². The predicted molar refractivity (Wildman–Crippen MR) is 66.5 cm³/mol. The Bertz CT molecular complexity index is 217. The highest BCUT2D eigenvalue weighted by Gasteiger charge is 2.26. The van der Waals surface area contributed by atoms with E-state index in [4.69, 9.17) is 0 Å². The lowest BCUT2D eigenvalue weighted by atomic mass is 9.85. The number of hydrogen-bond donors (Lipinski definition) is 1. The second kappa shape index (κ2) is 6.18. The van der Waals surface area contributed by atoms with Crippen LogP contribution in [0.4, 0.5) is 0 Å². The maximum absolute atomic E-state index is 10.4. The molecule has 0 amide bonds. The maximum Gasteiger partial charge on any atom is 0.126 e. The first-order valence-corrected chi connectivity index (χ1v) is 6.00. The molecular weight excluding hydrogens is 184 g/mol. The Morgan fingerprint density at radius 1 is 0.933 bits per heavy atom. The summed E-state index contributed by atoms with van der Waals surface area (Å²) in [4.78, 5) is 0. The van der Waals surface area contributed by atoms with E-state index < -0.39 is 5.60 Å². The molecule has 15 heavy (non-hydrogen) atoms. The second-order valence-corrected chi connectivity index (χ2v) is 5.65. The summed E-state index contributed by atoms with van der Waals surface area (Å²) in [6.07, 6.45) is 1.54. The summed E-state index contributed by atoms with van der Waals surface area (Å²) in [7, 11) is 0. The number of aliphatic hydroxyl groups is 1. The molecule has 0 aliphatic rings. The molecule has 1 heteroatoms. The molecule has 0 aliphatic carbocycles. The van der Waals surface area contributed by atoms with Crippen molar-refractivity contribution in [2.75, 3.05) is 0 Å². The Morgan fingerprint density at radius 3 is 1.60 bits per heavy atom. The van der Waals surface area contributed by atoms with Crippen molar-refractivity contribution in [1.82, 2.24) is 0 Å². The van der Waals surface area contributed by atoms with Gasteiger partial charge in [-0.15, -0.1) is 0 Å². The van der Waals surface area contributed by atoms with Crippen molar-refractivity contribution in [3.63, 3.8) is 0 Å². The van der Waals surface area contributed by atoms with Gasteiger partial charge in [-0.2, -0.15) is 0 Å². The van der Waals surface area contributed by atoms with Gasteiger partial charge in [0.25, 0.3) is 0 Å². The van der Waals surface area contributed by atoms with Crippen LogP contribution in [0.1, 0.15) is 54.4 Å². The zero-order chi connectivity index (χ0) is 12.1. The molecule has 0 fully saturated rings. The Hall–Kier alpha value is -0.480. The molecule has 0 spiro atoms. The molecule has 1 N–H and O–H groups in total. The van der Waals surface area contributed by atoms with Crippen molar-refractivity contribution < 1.29 is 5.11 Å². The minimum absolute atomic E-state index is 0.329. The van der Waals surface area contributed by atoms with E-state index >= 15 is 0 Å². The van der Waals surface area contributed by atoms with Crippen molar-refractivity contribution in [2.45, 2.75) is 60.0 Å². The van der Waals surface area contributed by atoms with Gasteiger partial charge in [0.1, 0.15) is 5.60 Å². The molecule has 0 aromatic heterocycles. The van der Waals surface area contributed by atoms with Crippen molar-refractivity contribution in [2.24, 2.45) is 17.8 Å². The van der Waals surface area contributed by atoms with Crippen molar-refractivity contribution in [1.29, 1.82) is 0 Å². The van der Waals surface area contributed by atoms with Crippen LogP contribution in [0.2, 0.25) is 0 Å². The summed E-state index contributed by atoms with van der Waals surface area (Å²) in [6.45, 7) is 12.6. The van der Waals surface area contributed by atoms with Gasteiger partial charge in [0.05, 0.1) is 0 Å². The lowest BCUT2D eigenvalue weighted by Gasteiger charge is -2.26. The standard InChI is InChI=1S/C14H26O/c1-11(2)7-8-14(15,9-12(3)4)10-13(5)6/h11-13,15H,9-10H2,1-6H3. The van der Waals surface area contributed by atoms with E-state index in [0.29, 0.717) is 17.8 Å². The Kier molecular flexibility index (Phi) is 5.98. The quantitative estimate of drug-likeness (QED) is 0.704. The summed E-state index contributed by atoms with van der Waals surface area (Å²) in [5.41, 5.74) is -0.785. The molecule has 0 heterocycles. The SMILES string of the molecule is CC(C)C#CC(O)(CC(C)C)CC(C)C. The third-order valence-corrected chi connectivity index (χ3v) is 2.09. The van der Waals surface area contributed by atoms with Gasteiger partial charge in [0.15, 0.2) is 0 Å². The molecule has 0 aromatic carbocycles. The molecular formula is C14H26O. The molecule has 0 aromatic rings. The Labute approximate surface area is 95.3 Å². The van der Waals surface area contributed by atoms with E-state index in [1.165, 1.54) is 0 Å². The molecule has 0 unspecified atom stereocenters. The van der Waals surface area contributed by atoms with Gasteiger partial charge in [-0.1, -0.05) is 53.4 Å².